The van der Waals surface area contributed by atoms with Crippen LogP contribution in [-0.4, -0.2) is 59.9 Å². The summed E-state index contributed by atoms with van der Waals surface area (Å²) in [6.07, 6.45) is 6.13. The highest BCUT2D eigenvalue weighted by Crippen LogP contribution is 2.23. The molecule has 2 heterocycles. The smallest absolute Gasteiger partial charge is 0.320 e. The quantitative estimate of drug-likeness (QED) is 0.729. The molecule has 1 saturated carbocycles. The Kier molecular flexibility index (Phi) is 5.18. The third-order valence-corrected chi connectivity index (χ3v) is 5.16. The van der Waals surface area contributed by atoms with Crippen LogP contribution in [0.3, 0.4) is 0 Å². The monoisotopic (exact) mass is 322 g/mol. The lowest BCUT2D eigenvalue weighted by atomic mass is 9.95. The van der Waals surface area contributed by atoms with Gasteiger partial charge in [0.1, 0.15) is 0 Å². The first-order chi connectivity index (χ1) is 11.1. The van der Waals surface area contributed by atoms with Gasteiger partial charge in [-0.05, 0) is 44.9 Å². The van der Waals surface area contributed by atoms with Crippen molar-refractivity contribution in [3.63, 3.8) is 0 Å². The first-order valence-corrected chi connectivity index (χ1v) is 8.92. The van der Waals surface area contributed by atoms with Crippen LogP contribution in [-0.2, 0) is 14.3 Å². The minimum absolute atomic E-state index is 0.0467. The fraction of sp³-hybridized carbons (Fsp3) is 0.824. The third kappa shape index (κ3) is 3.85. The summed E-state index contributed by atoms with van der Waals surface area (Å²) in [5, 5.41) is 0. The SMILES string of the molecule is O=C(O[C@@H]1CCCCC1=O)[C@@H]1CCCN(C(=O)N2CCCC2)C1. The van der Waals surface area contributed by atoms with Crippen molar-refractivity contribution in [2.24, 2.45) is 5.92 Å². The normalized spacial score (nSPS) is 28.8. The van der Waals surface area contributed by atoms with E-state index in [0.29, 0.717) is 25.9 Å². The molecule has 1 aliphatic carbocycles. The van der Waals surface area contributed by atoms with Crippen LogP contribution < -0.4 is 0 Å². The van der Waals surface area contributed by atoms with Gasteiger partial charge in [-0.2, -0.15) is 0 Å². The van der Waals surface area contributed by atoms with Crippen molar-refractivity contribution >= 4 is 17.8 Å². The van der Waals surface area contributed by atoms with E-state index in [1.165, 1.54) is 0 Å². The predicted octanol–water partition coefficient (Wildman–Crippen LogP) is 1.97. The summed E-state index contributed by atoms with van der Waals surface area (Å²) in [5.74, 6) is -0.542. The molecule has 0 N–H and O–H groups in total. The van der Waals surface area contributed by atoms with Crippen molar-refractivity contribution in [1.29, 1.82) is 0 Å². The summed E-state index contributed by atoms with van der Waals surface area (Å²) in [4.78, 5) is 40.3. The minimum atomic E-state index is -0.555. The zero-order chi connectivity index (χ0) is 16.2. The second kappa shape index (κ2) is 7.32. The van der Waals surface area contributed by atoms with Crippen molar-refractivity contribution < 1.29 is 19.1 Å². The van der Waals surface area contributed by atoms with E-state index in [1.54, 1.807) is 4.90 Å². The molecule has 2 aliphatic heterocycles. The lowest BCUT2D eigenvalue weighted by Gasteiger charge is -2.34. The molecule has 0 aromatic carbocycles. The average molecular weight is 322 g/mol. The van der Waals surface area contributed by atoms with Crippen LogP contribution in [0.5, 0.6) is 0 Å². The van der Waals surface area contributed by atoms with Crippen molar-refractivity contribution in [2.75, 3.05) is 26.2 Å². The summed E-state index contributed by atoms with van der Waals surface area (Å²) in [7, 11) is 0. The second-order valence-corrected chi connectivity index (χ2v) is 6.90. The number of hydrogen-bond acceptors (Lipinski definition) is 4. The van der Waals surface area contributed by atoms with Crippen molar-refractivity contribution in [2.45, 2.75) is 57.5 Å². The Bertz CT molecular complexity index is 473. The Balaban J connectivity index is 1.53. The van der Waals surface area contributed by atoms with E-state index in [9.17, 15) is 14.4 Å². The van der Waals surface area contributed by atoms with E-state index in [4.69, 9.17) is 4.74 Å². The fourth-order valence-electron chi connectivity index (χ4n) is 3.76. The molecule has 0 radical (unpaired) electrons. The number of carbonyl (C=O) groups is 3. The molecule has 2 amide bonds. The van der Waals surface area contributed by atoms with Gasteiger partial charge in [0.15, 0.2) is 11.9 Å². The Labute approximate surface area is 137 Å². The second-order valence-electron chi connectivity index (χ2n) is 6.90. The first kappa shape index (κ1) is 16.3. The van der Waals surface area contributed by atoms with Crippen LogP contribution in [0.1, 0.15) is 51.4 Å². The van der Waals surface area contributed by atoms with E-state index >= 15 is 0 Å². The average Bonchev–Trinajstić information content (AvgIpc) is 3.11. The van der Waals surface area contributed by atoms with Crippen LogP contribution in [0.25, 0.3) is 0 Å². The molecule has 3 fully saturated rings. The molecule has 3 aliphatic rings. The molecule has 3 rings (SSSR count). The largest absolute Gasteiger partial charge is 0.454 e. The summed E-state index contributed by atoms with van der Waals surface area (Å²) < 4.78 is 5.46. The van der Waals surface area contributed by atoms with Gasteiger partial charge in [0.25, 0.3) is 0 Å². The van der Waals surface area contributed by atoms with E-state index in [-0.39, 0.29) is 23.7 Å². The highest BCUT2D eigenvalue weighted by atomic mass is 16.5. The molecular weight excluding hydrogens is 296 g/mol. The number of carbonyl (C=O) groups excluding carboxylic acids is 3. The van der Waals surface area contributed by atoms with Gasteiger partial charge in [0.2, 0.25) is 0 Å². The van der Waals surface area contributed by atoms with Crippen LogP contribution >= 0.6 is 0 Å². The molecule has 0 bridgehead atoms. The Hall–Kier alpha value is -1.59. The summed E-state index contributed by atoms with van der Waals surface area (Å²) in [5.41, 5.74) is 0. The molecule has 6 heteroatoms. The number of esters is 1. The van der Waals surface area contributed by atoms with E-state index in [0.717, 1.165) is 51.6 Å². The number of likely N-dealkylation sites (tertiary alicyclic amines) is 2. The van der Waals surface area contributed by atoms with Crippen LogP contribution in [0.15, 0.2) is 0 Å². The Morgan fingerprint density at radius 2 is 1.65 bits per heavy atom. The summed E-state index contributed by atoms with van der Waals surface area (Å²) in [6.45, 7) is 2.78. The molecule has 0 aromatic rings. The fourth-order valence-corrected chi connectivity index (χ4v) is 3.76. The number of ether oxygens (including phenoxy) is 1. The lowest BCUT2D eigenvalue weighted by Crippen LogP contribution is -2.48. The van der Waals surface area contributed by atoms with Gasteiger partial charge in [-0.15, -0.1) is 0 Å². The molecule has 0 unspecified atom stereocenters. The number of urea groups is 1. The van der Waals surface area contributed by atoms with Crippen molar-refractivity contribution in [3.05, 3.63) is 0 Å². The molecule has 23 heavy (non-hydrogen) atoms. The zero-order valence-corrected chi connectivity index (χ0v) is 13.7. The summed E-state index contributed by atoms with van der Waals surface area (Å²) >= 11 is 0. The topological polar surface area (TPSA) is 66.9 Å². The number of piperidine rings is 1. The Morgan fingerprint density at radius 1 is 0.913 bits per heavy atom. The maximum Gasteiger partial charge on any atom is 0.320 e. The van der Waals surface area contributed by atoms with Crippen molar-refractivity contribution in [3.8, 4) is 0 Å². The summed E-state index contributed by atoms with van der Waals surface area (Å²) in [6, 6.07) is 0.0498. The van der Waals surface area contributed by atoms with Gasteiger partial charge in [-0.1, -0.05) is 0 Å². The standard InChI is InChI=1S/C17H26N2O4/c20-14-7-1-2-8-15(14)23-16(21)13-6-5-11-19(12-13)17(22)18-9-3-4-10-18/h13,15H,1-12H2/t13-,15-/m1/s1. The predicted molar refractivity (Wildman–Crippen MR) is 83.9 cm³/mol. The van der Waals surface area contributed by atoms with Crippen molar-refractivity contribution in [1.82, 2.24) is 9.80 Å². The third-order valence-electron chi connectivity index (χ3n) is 5.16. The van der Waals surface area contributed by atoms with Gasteiger partial charge in [0, 0.05) is 32.6 Å². The molecule has 2 atom stereocenters. The van der Waals surface area contributed by atoms with E-state index < -0.39 is 6.10 Å². The number of ketones is 1. The Morgan fingerprint density at radius 3 is 2.39 bits per heavy atom. The number of amides is 2. The molecule has 0 aromatic heterocycles. The first-order valence-electron chi connectivity index (χ1n) is 8.92. The number of hydrogen-bond donors (Lipinski definition) is 0. The van der Waals surface area contributed by atoms with Gasteiger partial charge < -0.3 is 14.5 Å². The zero-order valence-electron chi connectivity index (χ0n) is 13.7. The maximum atomic E-state index is 12.5. The molecule has 2 saturated heterocycles. The van der Waals surface area contributed by atoms with Crippen LogP contribution in [0.4, 0.5) is 4.79 Å². The highest BCUT2D eigenvalue weighted by Gasteiger charge is 2.34. The lowest BCUT2D eigenvalue weighted by molar-refractivity contribution is -0.162. The highest BCUT2D eigenvalue weighted by molar-refractivity contribution is 5.86. The van der Waals surface area contributed by atoms with Gasteiger partial charge in [-0.25, -0.2) is 4.79 Å². The number of Topliss-reactive ketones (excluding diaryl/α,β-unsaturated/α-hetero) is 1. The molecule has 6 nitrogen and oxygen atoms in total. The van der Waals surface area contributed by atoms with E-state index in [2.05, 4.69) is 0 Å². The number of rotatable bonds is 2. The van der Waals surface area contributed by atoms with Crippen LogP contribution in [0.2, 0.25) is 0 Å². The molecular formula is C17H26N2O4. The van der Waals surface area contributed by atoms with E-state index in [1.807, 2.05) is 4.90 Å². The van der Waals surface area contributed by atoms with Gasteiger partial charge in [0.05, 0.1) is 5.92 Å². The minimum Gasteiger partial charge on any atom is -0.454 e. The molecule has 128 valence electrons. The van der Waals surface area contributed by atoms with Gasteiger partial charge >= 0.3 is 12.0 Å². The number of nitrogens with zero attached hydrogens (tertiary/aromatic N) is 2. The maximum absolute atomic E-state index is 12.5. The molecule has 0 spiro atoms. The van der Waals surface area contributed by atoms with Gasteiger partial charge in [-0.3, -0.25) is 9.59 Å². The van der Waals surface area contributed by atoms with Crippen LogP contribution in [0, 0.1) is 5.92 Å².